The molecule has 1 N–H and O–H groups in total. The Morgan fingerprint density at radius 2 is 2.00 bits per heavy atom. The molecule has 2 atom stereocenters. The summed E-state index contributed by atoms with van der Waals surface area (Å²) in [6.07, 6.45) is 3.70. The summed E-state index contributed by atoms with van der Waals surface area (Å²) in [5.41, 5.74) is 1.34. The quantitative estimate of drug-likeness (QED) is 0.886. The van der Waals surface area contributed by atoms with Crippen LogP contribution in [0.5, 0.6) is 0 Å². The van der Waals surface area contributed by atoms with Crippen molar-refractivity contribution < 1.29 is 13.2 Å². The summed E-state index contributed by atoms with van der Waals surface area (Å²) >= 11 is 0. The first-order valence-corrected chi connectivity index (χ1v) is 9.79. The number of rotatable bonds is 3. The van der Waals surface area contributed by atoms with Gasteiger partial charge in [-0.15, -0.1) is 0 Å². The summed E-state index contributed by atoms with van der Waals surface area (Å²) in [5.74, 6) is -0.163. The molecule has 8 heteroatoms. The molecular formula is C18H20N4O3S. The molecule has 2 aliphatic heterocycles. The maximum Gasteiger partial charge on any atom is 0.282 e. The number of fused-ring (bicyclic) bond motifs is 2. The smallest absolute Gasteiger partial charge is 0.282 e. The average molecular weight is 372 g/mol. The molecule has 0 bridgehead atoms. The van der Waals surface area contributed by atoms with Crippen molar-refractivity contribution in [3.8, 4) is 0 Å². The van der Waals surface area contributed by atoms with Gasteiger partial charge in [-0.2, -0.15) is 17.0 Å². The normalized spacial score (nSPS) is 25.7. The van der Waals surface area contributed by atoms with E-state index >= 15 is 0 Å². The summed E-state index contributed by atoms with van der Waals surface area (Å²) < 4.78 is 28.6. The van der Waals surface area contributed by atoms with Crippen LogP contribution in [0.25, 0.3) is 0 Å². The molecular weight excluding hydrogens is 352 g/mol. The highest BCUT2D eigenvalue weighted by molar-refractivity contribution is 7.86. The number of carbonyl (C=O) groups is 1. The van der Waals surface area contributed by atoms with Crippen molar-refractivity contribution in [1.29, 1.82) is 0 Å². The molecule has 136 valence electrons. The number of nitrogens with zero attached hydrogens (tertiary/aromatic N) is 3. The lowest BCUT2D eigenvalue weighted by atomic mass is 9.73. The molecule has 1 amide bonds. The Morgan fingerprint density at radius 1 is 1.23 bits per heavy atom. The van der Waals surface area contributed by atoms with E-state index < -0.39 is 21.7 Å². The molecule has 26 heavy (non-hydrogen) atoms. The Morgan fingerprint density at radius 3 is 2.69 bits per heavy atom. The number of pyridine rings is 1. The van der Waals surface area contributed by atoms with E-state index in [0.29, 0.717) is 12.0 Å². The summed E-state index contributed by atoms with van der Waals surface area (Å²) in [6, 6.07) is 10.4. The Bertz CT molecular complexity index is 961. The maximum absolute atomic E-state index is 13.1. The van der Waals surface area contributed by atoms with E-state index in [9.17, 15) is 13.2 Å². The lowest BCUT2D eigenvalue weighted by molar-refractivity contribution is -0.121. The summed E-state index contributed by atoms with van der Waals surface area (Å²) in [5, 5.41) is 2.94. The van der Waals surface area contributed by atoms with Gasteiger partial charge in [0, 0.05) is 38.7 Å². The van der Waals surface area contributed by atoms with Crippen LogP contribution in [0.15, 0.2) is 48.8 Å². The number of aromatic nitrogens is 1. The van der Waals surface area contributed by atoms with E-state index in [2.05, 4.69) is 10.3 Å². The molecule has 0 radical (unpaired) electrons. The van der Waals surface area contributed by atoms with Crippen molar-refractivity contribution in [1.82, 2.24) is 13.6 Å². The number of benzene rings is 1. The van der Waals surface area contributed by atoms with Gasteiger partial charge in [0.1, 0.15) is 0 Å². The predicted molar refractivity (Wildman–Crippen MR) is 97.7 cm³/mol. The fourth-order valence-corrected chi connectivity index (χ4v) is 5.41. The Kier molecular flexibility index (Phi) is 3.87. The second-order valence-corrected chi connectivity index (χ2v) is 8.91. The first kappa shape index (κ1) is 17.1. The minimum Gasteiger partial charge on any atom is -0.325 e. The number of anilines is 1. The predicted octanol–water partition coefficient (Wildman–Crippen LogP) is 1.52. The number of carbonyl (C=O) groups excluding carboxylic acids is 1. The molecule has 1 fully saturated rings. The van der Waals surface area contributed by atoms with E-state index in [1.165, 1.54) is 22.7 Å². The molecule has 1 aromatic heterocycles. The molecule has 2 aromatic rings. The van der Waals surface area contributed by atoms with Gasteiger partial charge in [0.2, 0.25) is 5.91 Å². The summed E-state index contributed by atoms with van der Waals surface area (Å²) in [7, 11) is -0.698. The van der Waals surface area contributed by atoms with Gasteiger partial charge in [0.05, 0.1) is 11.5 Å². The molecule has 7 nitrogen and oxygen atoms in total. The van der Waals surface area contributed by atoms with E-state index in [4.69, 9.17) is 0 Å². The minimum atomic E-state index is -3.70. The summed E-state index contributed by atoms with van der Waals surface area (Å²) in [6.45, 7) is 0.266. The molecule has 3 heterocycles. The number of amides is 1. The van der Waals surface area contributed by atoms with Crippen LogP contribution in [0.1, 0.15) is 23.6 Å². The van der Waals surface area contributed by atoms with Gasteiger partial charge >= 0.3 is 0 Å². The van der Waals surface area contributed by atoms with Gasteiger partial charge in [-0.05, 0) is 29.7 Å². The van der Waals surface area contributed by atoms with E-state index in [0.717, 1.165) is 11.3 Å². The second kappa shape index (κ2) is 5.87. The molecule has 4 rings (SSSR count). The van der Waals surface area contributed by atoms with Crippen molar-refractivity contribution in [2.24, 2.45) is 0 Å². The molecule has 0 aliphatic carbocycles. The van der Waals surface area contributed by atoms with Crippen LogP contribution < -0.4 is 5.32 Å². The van der Waals surface area contributed by atoms with Gasteiger partial charge in [-0.1, -0.05) is 24.3 Å². The fourth-order valence-electron chi connectivity index (χ4n) is 4.10. The lowest BCUT2D eigenvalue weighted by Gasteiger charge is -2.34. The zero-order valence-electron chi connectivity index (χ0n) is 14.6. The van der Waals surface area contributed by atoms with Gasteiger partial charge in [0.25, 0.3) is 10.2 Å². The number of nitrogens with one attached hydrogen (secondary N) is 1. The van der Waals surface area contributed by atoms with Crippen molar-refractivity contribution >= 4 is 21.8 Å². The van der Waals surface area contributed by atoms with Gasteiger partial charge in [0.15, 0.2) is 0 Å². The van der Waals surface area contributed by atoms with Crippen LogP contribution in [0.2, 0.25) is 0 Å². The van der Waals surface area contributed by atoms with Crippen LogP contribution in [0.3, 0.4) is 0 Å². The largest absolute Gasteiger partial charge is 0.325 e. The lowest BCUT2D eigenvalue weighted by Crippen LogP contribution is -2.45. The Labute approximate surface area is 152 Å². The second-order valence-electron chi connectivity index (χ2n) is 6.81. The molecule has 1 spiro atoms. The maximum atomic E-state index is 13.1. The van der Waals surface area contributed by atoms with Crippen LogP contribution in [-0.2, 0) is 20.4 Å². The van der Waals surface area contributed by atoms with Crippen LogP contribution in [-0.4, -0.2) is 48.6 Å². The standard InChI is InChI=1S/C18H20N4O3S/c1-21(2)26(24,25)22-11-9-18(16(22)13-6-5-10-19-12-13)14-7-3-4-8-15(14)20-17(18)23/h3-8,10,12,16H,9,11H2,1-2H3,(H,20,23). The molecule has 1 saturated heterocycles. The first-order valence-electron chi connectivity index (χ1n) is 8.39. The van der Waals surface area contributed by atoms with Crippen molar-refractivity contribution in [3.63, 3.8) is 0 Å². The van der Waals surface area contributed by atoms with Crippen molar-refractivity contribution in [2.45, 2.75) is 17.9 Å². The third-order valence-corrected chi connectivity index (χ3v) is 7.21. The van der Waals surface area contributed by atoms with E-state index in [1.54, 1.807) is 18.5 Å². The van der Waals surface area contributed by atoms with Crippen LogP contribution in [0.4, 0.5) is 5.69 Å². The Balaban J connectivity index is 1.95. The topological polar surface area (TPSA) is 82.6 Å². The van der Waals surface area contributed by atoms with Crippen LogP contribution >= 0.6 is 0 Å². The highest BCUT2D eigenvalue weighted by Crippen LogP contribution is 2.55. The highest BCUT2D eigenvalue weighted by atomic mass is 32.2. The van der Waals surface area contributed by atoms with Gasteiger partial charge in [-0.3, -0.25) is 9.78 Å². The highest BCUT2D eigenvalue weighted by Gasteiger charge is 2.61. The number of hydrogen-bond donors (Lipinski definition) is 1. The molecule has 1 aromatic carbocycles. The van der Waals surface area contributed by atoms with Crippen molar-refractivity contribution in [2.75, 3.05) is 26.0 Å². The van der Waals surface area contributed by atoms with E-state index in [-0.39, 0.29) is 12.5 Å². The molecule has 0 saturated carbocycles. The Hall–Kier alpha value is -2.29. The fraction of sp³-hybridized carbons (Fsp3) is 0.333. The molecule has 2 aliphatic rings. The first-order chi connectivity index (χ1) is 12.4. The third kappa shape index (κ3) is 2.22. The average Bonchev–Trinajstić information content (AvgIpc) is 3.16. The van der Waals surface area contributed by atoms with E-state index in [1.807, 2.05) is 30.3 Å². The minimum absolute atomic E-state index is 0.163. The third-order valence-electron chi connectivity index (χ3n) is 5.30. The van der Waals surface area contributed by atoms with Gasteiger partial charge in [-0.25, -0.2) is 0 Å². The number of para-hydroxylation sites is 1. The zero-order chi connectivity index (χ0) is 18.5. The van der Waals surface area contributed by atoms with Gasteiger partial charge < -0.3 is 5.32 Å². The number of hydrogen-bond acceptors (Lipinski definition) is 4. The zero-order valence-corrected chi connectivity index (χ0v) is 15.4. The SMILES string of the molecule is CN(C)S(=O)(=O)N1CCC2(C(=O)Nc3ccccc32)C1c1cccnc1. The monoisotopic (exact) mass is 372 g/mol. The van der Waals surface area contributed by atoms with Crippen molar-refractivity contribution in [3.05, 3.63) is 59.9 Å². The van der Waals surface area contributed by atoms with Crippen LogP contribution in [0, 0.1) is 0 Å². The summed E-state index contributed by atoms with van der Waals surface area (Å²) in [4.78, 5) is 17.3. The molecule has 2 unspecified atom stereocenters.